The molecule has 2 heterocycles. The summed E-state index contributed by atoms with van der Waals surface area (Å²) in [5, 5.41) is 0. The third-order valence-corrected chi connectivity index (χ3v) is 3.54. The normalized spacial score (nSPS) is 12.0. The lowest BCUT2D eigenvalue weighted by molar-refractivity contribution is 0.590. The van der Waals surface area contributed by atoms with Crippen molar-refractivity contribution in [1.82, 2.24) is 19.9 Å². The fourth-order valence-electron chi connectivity index (χ4n) is 2.29. The molecule has 0 amide bonds. The lowest BCUT2D eigenvalue weighted by Gasteiger charge is -2.19. The number of nitrogens with two attached hydrogens (primary N) is 1. The third kappa shape index (κ3) is 2.72. The summed E-state index contributed by atoms with van der Waals surface area (Å²) in [6.07, 6.45) is 2.23. The van der Waals surface area contributed by atoms with Crippen LogP contribution < -0.4 is 5.73 Å². The lowest BCUT2D eigenvalue weighted by atomic mass is 9.86. The maximum atomic E-state index is 5.91. The van der Waals surface area contributed by atoms with Gasteiger partial charge in [0.2, 0.25) is 0 Å². The van der Waals surface area contributed by atoms with E-state index in [2.05, 4.69) is 65.0 Å². The molecule has 0 spiro atoms. The Bertz CT molecular complexity index is 765. The van der Waals surface area contributed by atoms with Gasteiger partial charge >= 0.3 is 0 Å². The van der Waals surface area contributed by atoms with Gasteiger partial charge in [0.25, 0.3) is 0 Å². The number of aromatic amines is 1. The number of hydrogen-bond acceptors (Lipinski definition) is 4. The number of benzene rings is 1. The first kappa shape index (κ1) is 13.5. The van der Waals surface area contributed by atoms with E-state index in [4.69, 9.17) is 5.73 Å². The molecule has 3 aromatic rings. The molecule has 2 aromatic heterocycles. The number of imidazole rings is 1. The van der Waals surface area contributed by atoms with Gasteiger partial charge in [0.15, 0.2) is 11.5 Å². The first-order valence-electron chi connectivity index (χ1n) is 6.98. The highest BCUT2D eigenvalue weighted by molar-refractivity contribution is 5.80. The van der Waals surface area contributed by atoms with Crippen molar-refractivity contribution in [3.8, 4) is 0 Å². The number of hydrogen-bond donors (Lipinski definition) is 2. The van der Waals surface area contributed by atoms with Crippen LogP contribution in [0.15, 0.2) is 30.6 Å². The van der Waals surface area contributed by atoms with E-state index in [1.54, 1.807) is 6.33 Å². The van der Waals surface area contributed by atoms with Crippen LogP contribution in [-0.2, 0) is 11.8 Å². The minimum absolute atomic E-state index is 0.160. The summed E-state index contributed by atoms with van der Waals surface area (Å²) >= 11 is 0. The first-order valence-corrected chi connectivity index (χ1v) is 6.98. The van der Waals surface area contributed by atoms with Crippen molar-refractivity contribution in [2.24, 2.45) is 0 Å². The highest BCUT2D eigenvalue weighted by Crippen LogP contribution is 2.23. The van der Waals surface area contributed by atoms with E-state index >= 15 is 0 Å². The van der Waals surface area contributed by atoms with Crippen LogP contribution in [0.4, 0.5) is 5.82 Å². The minimum Gasteiger partial charge on any atom is -0.382 e. The standard InChI is InChI=1S/C16H19N5/c1-16(2,3)11-6-4-10(5-7-11)8-12-20-14(17)13-15(21-12)19-9-18-13/h4-7,9H,8H2,1-3H3,(H3,17,18,19,20,21). The fourth-order valence-corrected chi connectivity index (χ4v) is 2.29. The summed E-state index contributed by atoms with van der Waals surface area (Å²) in [5.41, 5.74) is 9.86. The van der Waals surface area contributed by atoms with Gasteiger partial charge in [-0.3, -0.25) is 0 Å². The first-order chi connectivity index (χ1) is 9.93. The molecule has 3 N–H and O–H groups in total. The second-order valence-electron chi connectivity index (χ2n) is 6.25. The smallest absolute Gasteiger partial charge is 0.183 e. The molecule has 0 fully saturated rings. The fraction of sp³-hybridized carbons (Fsp3) is 0.312. The molecule has 0 atom stereocenters. The van der Waals surface area contributed by atoms with Gasteiger partial charge in [-0.05, 0) is 16.5 Å². The summed E-state index contributed by atoms with van der Waals surface area (Å²) in [4.78, 5) is 15.8. The molecule has 3 rings (SSSR count). The number of rotatable bonds is 2. The maximum absolute atomic E-state index is 5.91. The van der Waals surface area contributed by atoms with E-state index in [1.807, 2.05) is 0 Å². The maximum Gasteiger partial charge on any atom is 0.183 e. The van der Waals surface area contributed by atoms with Gasteiger partial charge in [-0.1, -0.05) is 45.0 Å². The van der Waals surface area contributed by atoms with Crippen molar-refractivity contribution in [3.63, 3.8) is 0 Å². The van der Waals surface area contributed by atoms with Crippen molar-refractivity contribution in [1.29, 1.82) is 0 Å². The van der Waals surface area contributed by atoms with Crippen molar-refractivity contribution < 1.29 is 0 Å². The highest BCUT2D eigenvalue weighted by Gasteiger charge is 2.13. The molecule has 0 bridgehead atoms. The van der Waals surface area contributed by atoms with Crippen LogP contribution in [-0.4, -0.2) is 19.9 Å². The van der Waals surface area contributed by atoms with Crippen LogP contribution in [0.25, 0.3) is 11.2 Å². The molecule has 0 unspecified atom stereocenters. The summed E-state index contributed by atoms with van der Waals surface area (Å²) in [7, 11) is 0. The van der Waals surface area contributed by atoms with Crippen LogP contribution in [0.3, 0.4) is 0 Å². The van der Waals surface area contributed by atoms with Gasteiger partial charge in [-0.25, -0.2) is 15.0 Å². The van der Waals surface area contributed by atoms with Gasteiger partial charge in [-0.15, -0.1) is 0 Å². The molecule has 21 heavy (non-hydrogen) atoms. The number of nitrogens with one attached hydrogen (secondary N) is 1. The van der Waals surface area contributed by atoms with Crippen molar-refractivity contribution in [2.75, 3.05) is 5.73 Å². The predicted octanol–water partition coefficient (Wildman–Crippen LogP) is 2.82. The Morgan fingerprint density at radius 3 is 2.48 bits per heavy atom. The summed E-state index contributed by atoms with van der Waals surface area (Å²) in [6.45, 7) is 6.62. The molecule has 0 aliphatic rings. The Morgan fingerprint density at radius 1 is 1.10 bits per heavy atom. The van der Waals surface area contributed by atoms with E-state index in [1.165, 1.54) is 5.56 Å². The number of H-pyrrole nitrogens is 1. The van der Waals surface area contributed by atoms with E-state index in [0.717, 1.165) is 5.56 Å². The minimum atomic E-state index is 0.160. The highest BCUT2D eigenvalue weighted by atomic mass is 15.0. The second-order valence-corrected chi connectivity index (χ2v) is 6.25. The van der Waals surface area contributed by atoms with E-state index in [0.29, 0.717) is 29.2 Å². The molecule has 5 heteroatoms. The van der Waals surface area contributed by atoms with Gasteiger partial charge in [-0.2, -0.15) is 0 Å². The monoisotopic (exact) mass is 281 g/mol. The Labute approximate surface area is 123 Å². The molecule has 1 aromatic carbocycles. The van der Waals surface area contributed by atoms with Gasteiger partial charge in [0.05, 0.1) is 6.33 Å². The van der Waals surface area contributed by atoms with E-state index in [-0.39, 0.29) is 5.41 Å². The molecule has 0 saturated heterocycles. The Morgan fingerprint density at radius 2 is 1.81 bits per heavy atom. The van der Waals surface area contributed by atoms with Crippen LogP contribution in [0.5, 0.6) is 0 Å². The van der Waals surface area contributed by atoms with E-state index in [9.17, 15) is 0 Å². The van der Waals surface area contributed by atoms with Gasteiger partial charge in [0, 0.05) is 6.42 Å². The topological polar surface area (TPSA) is 80.5 Å². The van der Waals surface area contributed by atoms with Crippen molar-refractivity contribution in [3.05, 3.63) is 47.5 Å². The molecule has 0 radical (unpaired) electrons. The van der Waals surface area contributed by atoms with Crippen LogP contribution in [0.1, 0.15) is 37.7 Å². The summed E-state index contributed by atoms with van der Waals surface area (Å²) in [5.74, 6) is 1.13. The quantitative estimate of drug-likeness (QED) is 0.757. The summed E-state index contributed by atoms with van der Waals surface area (Å²) in [6, 6.07) is 8.56. The Balaban J connectivity index is 1.88. The van der Waals surface area contributed by atoms with Crippen LogP contribution >= 0.6 is 0 Å². The zero-order valence-corrected chi connectivity index (χ0v) is 12.5. The largest absolute Gasteiger partial charge is 0.382 e. The van der Waals surface area contributed by atoms with Crippen molar-refractivity contribution in [2.45, 2.75) is 32.6 Å². The molecule has 5 nitrogen and oxygen atoms in total. The second kappa shape index (κ2) is 4.84. The van der Waals surface area contributed by atoms with Crippen molar-refractivity contribution >= 4 is 17.0 Å². The van der Waals surface area contributed by atoms with Gasteiger partial charge in [0.1, 0.15) is 11.3 Å². The molecule has 0 saturated carbocycles. The van der Waals surface area contributed by atoms with Crippen LogP contribution in [0, 0.1) is 0 Å². The average Bonchev–Trinajstić information content (AvgIpc) is 2.87. The number of nitrogens with zero attached hydrogens (tertiary/aromatic N) is 3. The third-order valence-electron chi connectivity index (χ3n) is 3.54. The molecule has 108 valence electrons. The number of anilines is 1. The number of nitrogen functional groups attached to an aromatic ring is 1. The molecular weight excluding hydrogens is 262 g/mol. The lowest BCUT2D eigenvalue weighted by Crippen LogP contribution is -2.10. The molecule has 0 aliphatic heterocycles. The number of fused-ring (bicyclic) bond motifs is 1. The Hall–Kier alpha value is -2.43. The van der Waals surface area contributed by atoms with Crippen LogP contribution in [0.2, 0.25) is 0 Å². The average molecular weight is 281 g/mol. The van der Waals surface area contributed by atoms with E-state index < -0.39 is 0 Å². The number of aromatic nitrogens is 4. The molecule has 0 aliphatic carbocycles. The zero-order chi connectivity index (χ0) is 15.0. The molecular formula is C16H19N5. The zero-order valence-electron chi connectivity index (χ0n) is 12.5. The predicted molar refractivity (Wildman–Crippen MR) is 84.0 cm³/mol. The van der Waals surface area contributed by atoms with Gasteiger partial charge < -0.3 is 10.7 Å². The Kier molecular flexibility index (Phi) is 3.12. The SMILES string of the molecule is CC(C)(C)c1ccc(Cc2nc(N)c3[nH]cnc3n2)cc1. The summed E-state index contributed by atoms with van der Waals surface area (Å²) < 4.78 is 0.